The zero-order chi connectivity index (χ0) is 12.3. The molecule has 0 aliphatic rings. The van der Waals surface area contributed by atoms with Gasteiger partial charge in [0, 0.05) is 23.5 Å². The highest BCUT2D eigenvalue weighted by atomic mass is 16.5. The van der Waals surface area contributed by atoms with Crippen LogP contribution in [0.4, 0.5) is 0 Å². The van der Waals surface area contributed by atoms with Crippen LogP contribution in [0, 0.1) is 0 Å². The van der Waals surface area contributed by atoms with E-state index in [4.69, 9.17) is 4.74 Å². The lowest BCUT2D eigenvalue weighted by Crippen LogP contribution is -2.08. The second-order valence-electron chi connectivity index (χ2n) is 4.16. The van der Waals surface area contributed by atoms with Crippen LogP contribution in [-0.2, 0) is 11.3 Å². The van der Waals surface area contributed by atoms with E-state index < -0.39 is 0 Å². The van der Waals surface area contributed by atoms with Crippen LogP contribution >= 0.6 is 0 Å². The Kier molecular flexibility index (Phi) is 3.47. The summed E-state index contributed by atoms with van der Waals surface area (Å²) in [5, 5.41) is 1.11. The number of aromatic nitrogens is 1. The van der Waals surface area contributed by atoms with Gasteiger partial charge in [0.2, 0.25) is 0 Å². The Morgan fingerprint density at radius 3 is 2.88 bits per heavy atom. The van der Waals surface area contributed by atoms with Gasteiger partial charge in [0.05, 0.1) is 13.7 Å². The number of ketones is 1. The number of carbonyl (C=O) groups is 1. The summed E-state index contributed by atoms with van der Waals surface area (Å²) in [5.74, 6) is 1.12. The van der Waals surface area contributed by atoms with Crippen LogP contribution < -0.4 is 4.74 Å². The van der Waals surface area contributed by atoms with Gasteiger partial charge in [-0.2, -0.15) is 0 Å². The highest BCUT2D eigenvalue weighted by Gasteiger charge is 2.06. The predicted octanol–water partition coefficient (Wildman–Crippen LogP) is 3.02. The van der Waals surface area contributed by atoms with Gasteiger partial charge in [-0.1, -0.05) is 6.92 Å². The summed E-state index contributed by atoms with van der Waals surface area (Å²) in [6, 6.07) is 7.91. The van der Waals surface area contributed by atoms with E-state index in [0.29, 0.717) is 13.0 Å². The maximum absolute atomic E-state index is 11.6. The first kappa shape index (κ1) is 11.7. The second-order valence-corrected chi connectivity index (χ2v) is 4.16. The van der Waals surface area contributed by atoms with Gasteiger partial charge < -0.3 is 9.30 Å². The molecule has 3 nitrogen and oxygen atoms in total. The van der Waals surface area contributed by atoms with E-state index in [0.717, 1.165) is 23.1 Å². The molecule has 2 aromatic rings. The molecule has 1 aromatic heterocycles. The standard InChI is InChI=1S/C14H17NO2/c1-3-4-12(16)10-15-8-7-11-9-13(17-2)5-6-14(11)15/h5-9H,3-4,10H2,1-2H3. The third-order valence-corrected chi connectivity index (χ3v) is 2.85. The van der Waals surface area contributed by atoms with Crippen LogP contribution in [0.5, 0.6) is 5.75 Å². The van der Waals surface area contributed by atoms with Crippen LogP contribution in [0.2, 0.25) is 0 Å². The first-order valence-electron chi connectivity index (χ1n) is 5.89. The zero-order valence-corrected chi connectivity index (χ0v) is 10.3. The molecule has 0 saturated carbocycles. The molecular weight excluding hydrogens is 214 g/mol. The Morgan fingerprint density at radius 2 is 2.18 bits per heavy atom. The van der Waals surface area contributed by atoms with Crippen molar-refractivity contribution in [1.29, 1.82) is 0 Å². The zero-order valence-electron chi connectivity index (χ0n) is 10.3. The van der Waals surface area contributed by atoms with Gasteiger partial charge in [0.1, 0.15) is 5.75 Å². The van der Waals surface area contributed by atoms with E-state index in [1.165, 1.54) is 0 Å². The van der Waals surface area contributed by atoms with Crippen molar-refractivity contribution in [2.75, 3.05) is 7.11 Å². The fraction of sp³-hybridized carbons (Fsp3) is 0.357. The molecule has 0 saturated heterocycles. The van der Waals surface area contributed by atoms with Gasteiger partial charge in [0.25, 0.3) is 0 Å². The van der Waals surface area contributed by atoms with Crippen molar-refractivity contribution in [3.8, 4) is 5.75 Å². The number of hydrogen-bond acceptors (Lipinski definition) is 2. The maximum Gasteiger partial charge on any atom is 0.152 e. The van der Waals surface area contributed by atoms with Crippen molar-refractivity contribution in [2.45, 2.75) is 26.3 Å². The summed E-state index contributed by atoms with van der Waals surface area (Å²) in [6.45, 7) is 2.49. The normalized spacial score (nSPS) is 10.7. The van der Waals surface area contributed by atoms with Crippen LogP contribution in [-0.4, -0.2) is 17.5 Å². The quantitative estimate of drug-likeness (QED) is 0.792. The fourth-order valence-corrected chi connectivity index (χ4v) is 1.99. The molecule has 17 heavy (non-hydrogen) atoms. The molecule has 2 rings (SSSR count). The van der Waals surface area contributed by atoms with Crippen molar-refractivity contribution in [3.05, 3.63) is 30.5 Å². The molecule has 3 heteroatoms. The van der Waals surface area contributed by atoms with Crippen molar-refractivity contribution in [2.24, 2.45) is 0 Å². The number of fused-ring (bicyclic) bond motifs is 1. The van der Waals surface area contributed by atoms with E-state index in [9.17, 15) is 4.79 Å². The predicted molar refractivity (Wildman–Crippen MR) is 68.4 cm³/mol. The minimum Gasteiger partial charge on any atom is -0.497 e. The number of ether oxygens (including phenoxy) is 1. The fourth-order valence-electron chi connectivity index (χ4n) is 1.99. The molecule has 0 aliphatic carbocycles. The van der Waals surface area contributed by atoms with E-state index in [1.807, 2.05) is 42.0 Å². The lowest BCUT2D eigenvalue weighted by atomic mass is 10.2. The summed E-state index contributed by atoms with van der Waals surface area (Å²) in [6.07, 6.45) is 3.51. The Hall–Kier alpha value is -1.77. The summed E-state index contributed by atoms with van der Waals surface area (Å²) < 4.78 is 7.17. The van der Waals surface area contributed by atoms with Gasteiger partial charge in [-0.05, 0) is 30.7 Å². The van der Waals surface area contributed by atoms with Crippen molar-refractivity contribution in [1.82, 2.24) is 4.57 Å². The molecule has 1 heterocycles. The molecule has 0 radical (unpaired) electrons. The van der Waals surface area contributed by atoms with E-state index >= 15 is 0 Å². The molecule has 0 fully saturated rings. The smallest absolute Gasteiger partial charge is 0.152 e. The van der Waals surface area contributed by atoms with Crippen LogP contribution in [0.3, 0.4) is 0 Å². The number of rotatable bonds is 5. The Bertz CT molecular complexity index is 528. The van der Waals surface area contributed by atoms with Crippen LogP contribution in [0.15, 0.2) is 30.5 Å². The Balaban J connectivity index is 2.27. The highest BCUT2D eigenvalue weighted by molar-refractivity contribution is 5.85. The number of benzene rings is 1. The molecule has 0 spiro atoms. The number of methoxy groups -OCH3 is 1. The average Bonchev–Trinajstić information content (AvgIpc) is 2.72. The first-order valence-corrected chi connectivity index (χ1v) is 5.89. The van der Waals surface area contributed by atoms with E-state index in [-0.39, 0.29) is 5.78 Å². The molecule has 0 aliphatic heterocycles. The van der Waals surface area contributed by atoms with Crippen molar-refractivity contribution >= 4 is 16.7 Å². The van der Waals surface area contributed by atoms with Gasteiger partial charge in [-0.15, -0.1) is 0 Å². The number of nitrogens with zero attached hydrogens (tertiary/aromatic N) is 1. The van der Waals surface area contributed by atoms with Crippen LogP contribution in [0.25, 0.3) is 10.9 Å². The minimum absolute atomic E-state index is 0.279. The van der Waals surface area contributed by atoms with Gasteiger partial charge in [-0.3, -0.25) is 4.79 Å². The van der Waals surface area contributed by atoms with E-state index in [1.54, 1.807) is 7.11 Å². The highest BCUT2D eigenvalue weighted by Crippen LogP contribution is 2.21. The number of Topliss-reactive ketones (excluding diaryl/α,β-unsaturated/α-hetero) is 1. The third kappa shape index (κ3) is 2.49. The Labute approximate surface area is 101 Å². The maximum atomic E-state index is 11.6. The van der Waals surface area contributed by atoms with Crippen molar-refractivity contribution in [3.63, 3.8) is 0 Å². The molecule has 0 N–H and O–H groups in total. The topological polar surface area (TPSA) is 31.2 Å². The number of hydrogen-bond donors (Lipinski definition) is 0. The van der Waals surface area contributed by atoms with E-state index in [2.05, 4.69) is 0 Å². The lowest BCUT2D eigenvalue weighted by Gasteiger charge is -2.05. The summed E-state index contributed by atoms with van der Waals surface area (Å²) in [5.41, 5.74) is 1.08. The molecule has 90 valence electrons. The monoisotopic (exact) mass is 231 g/mol. The molecule has 0 amide bonds. The molecule has 1 aromatic carbocycles. The average molecular weight is 231 g/mol. The summed E-state index contributed by atoms with van der Waals surface area (Å²) in [4.78, 5) is 11.6. The SMILES string of the molecule is CCCC(=O)Cn1ccc2cc(OC)ccc21. The summed E-state index contributed by atoms with van der Waals surface area (Å²) in [7, 11) is 1.66. The first-order chi connectivity index (χ1) is 8.24. The molecule has 0 unspecified atom stereocenters. The lowest BCUT2D eigenvalue weighted by molar-refractivity contribution is -0.119. The Morgan fingerprint density at radius 1 is 1.35 bits per heavy atom. The molecule has 0 bridgehead atoms. The molecular formula is C14H17NO2. The van der Waals surface area contributed by atoms with Crippen LogP contribution in [0.1, 0.15) is 19.8 Å². The second kappa shape index (κ2) is 5.04. The third-order valence-electron chi connectivity index (χ3n) is 2.85. The van der Waals surface area contributed by atoms with Crippen molar-refractivity contribution < 1.29 is 9.53 Å². The van der Waals surface area contributed by atoms with Gasteiger partial charge in [-0.25, -0.2) is 0 Å². The summed E-state index contributed by atoms with van der Waals surface area (Å²) >= 11 is 0. The molecule has 0 atom stereocenters. The number of carbonyl (C=O) groups excluding carboxylic acids is 1. The van der Waals surface area contributed by atoms with Gasteiger partial charge >= 0.3 is 0 Å². The largest absolute Gasteiger partial charge is 0.497 e. The minimum atomic E-state index is 0.279. The van der Waals surface area contributed by atoms with Gasteiger partial charge in [0.15, 0.2) is 5.78 Å².